The highest BCUT2D eigenvalue weighted by atomic mass is 32.2. The number of fused-ring (bicyclic) bond motifs is 3. The van der Waals surface area contributed by atoms with E-state index in [1.165, 1.54) is 11.8 Å². The molecular weight excluding hydrogens is 568 g/mol. The van der Waals surface area contributed by atoms with E-state index in [0.29, 0.717) is 17.2 Å². The predicted octanol–water partition coefficient (Wildman–Crippen LogP) is 4.07. The smallest absolute Gasteiger partial charge is 0.345 e. The van der Waals surface area contributed by atoms with Gasteiger partial charge in [0, 0.05) is 24.7 Å². The van der Waals surface area contributed by atoms with Crippen LogP contribution in [0.15, 0.2) is 76.7 Å². The van der Waals surface area contributed by atoms with Gasteiger partial charge in [-0.05, 0) is 48.5 Å². The van der Waals surface area contributed by atoms with Crippen LogP contribution >= 0.6 is 11.8 Å². The van der Waals surface area contributed by atoms with Crippen molar-refractivity contribution in [2.45, 2.75) is 41.5 Å². The van der Waals surface area contributed by atoms with Crippen molar-refractivity contribution < 1.29 is 32.6 Å². The Balaban J connectivity index is 1.09. The molecule has 216 valence electrons. The maximum absolute atomic E-state index is 13.1. The summed E-state index contributed by atoms with van der Waals surface area (Å²) in [6.07, 6.45) is 0.607. The zero-order valence-electron chi connectivity index (χ0n) is 22.0. The third-order valence-corrected chi connectivity index (χ3v) is 8.10. The molecule has 3 amide bonds. The Labute approximate surface area is 242 Å². The first-order chi connectivity index (χ1) is 20.3. The predicted molar refractivity (Wildman–Crippen MR) is 148 cm³/mol. The van der Waals surface area contributed by atoms with Crippen LogP contribution in [0.3, 0.4) is 0 Å². The number of ether oxygens (including phenoxy) is 2. The van der Waals surface area contributed by atoms with Crippen molar-refractivity contribution in [1.29, 1.82) is 0 Å². The van der Waals surface area contributed by atoms with Gasteiger partial charge in [-0.1, -0.05) is 23.9 Å². The Kier molecular flexibility index (Phi) is 7.76. The van der Waals surface area contributed by atoms with Crippen molar-refractivity contribution in [1.82, 2.24) is 25.5 Å². The molecule has 2 aliphatic rings. The number of likely N-dealkylation sites (tertiary alicyclic amines) is 1. The Morgan fingerprint density at radius 2 is 1.90 bits per heavy atom. The molecule has 0 bridgehead atoms. The van der Waals surface area contributed by atoms with E-state index in [0.717, 1.165) is 25.7 Å². The molecule has 0 radical (unpaired) electrons. The topological polar surface area (TPSA) is 126 Å². The quantitative estimate of drug-likeness (QED) is 0.248. The van der Waals surface area contributed by atoms with Gasteiger partial charge < -0.3 is 30.0 Å². The van der Waals surface area contributed by atoms with Gasteiger partial charge in [0.2, 0.25) is 11.8 Å². The van der Waals surface area contributed by atoms with Crippen LogP contribution in [-0.4, -0.2) is 64.4 Å². The molecule has 42 heavy (non-hydrogen) atoms. The fourth-order valence-electron chi connectivity index (χ4n) is 4.96. The van der Waals surface area contributed by atoms with E-state index in [1.807, 2.05) is 30.3 Å². The average Bonchev–Trinajstić information content (AvgIpc) is 3.63. The number of rotatable bonds is 8. The van der Waals surface area contributed by atoms with E-state index in [9.17, 15) is 23.2 Å². The van der Waals surface area contributed by atoms with Crippen LogP contribution in [0.1, 0.15) is 22.5 Å². The lowest BCUT2D eigenvalue weighted by molar-refractivity contribution is -0.160. The summed E-state index contributed by atoms with van der Waals surface area (Å²) in [4.78, 5) is 49.6. The molecule has 0 saturated carbocycles. The Bertz CT molecular complexity index is 1660. The van der Waals surface area contributed by atoms with Gasteiger partial charge in [-0.2, -0.15) is 8.78 Å². The number of para-hydroxylation sites is 1. The van der Waals surface area contributed by atoms with Crippen LogP contribution in [0.4, 0.5) is 8.78 Å². The van der Waals surface area contributed by atoms with Crippen LogP contribution in [0.2, 0.25) is 0 Å². The minimum absolute atomic E-state index is 0.0821. The van der Waals surface area contributed by atoms with Gasteiger partial charge >= 0.3 is 6.61 Å². The lowest BCUT2D eigenvalue weighted by atomic mass is 10.1. The van der Waals surface area contributed by atoms with Gasteiger partial charge in [0.1, 0.15) is 17.5 Å². The molecule has 2 aromatic heterocycles. The SMILES string of the molecule is O=C(NCC(=O)N1C[C@H](OC(F)F)C[C@H]1C(=O)NCc1ccc2[nH]ccc2n1)c1ccc2c(c1)Oc1ccccc1S2. The summed E-state index contributed by atoms with van der Waals surface area (Å²) in [5.41, 5.74) is 2.45. The lowest BCUT2D eigenvalue weighted by Gasteiger charge is -2.24. The first-order valence-electron chi connectivity index (χ1n) is 13.1. The van der Waals surface area contributed by atoms with Crippen LogP contribution in [0, 0.1) is 0 Å². The van der Waals surface area contributed by atoms with Gasteiger partial charge in [-0.25, -0.2) is 4.98 Å². The van der Waals surface area contributed by atoms with Crippen LogP contribution in [0.5, 0.6) is 11.5 Å². The summed E-state index contributed by atoms with van der Waals surface area (Å²) < 4.78 is 36.5. The third-order valence-electron chi connectivity index (χ3n) is 6.98. The molecule has 2 aliphatic heterocycles. The molecule has 0 spiro atoms. The van der Waals surface area contributed by atoms with Crippen molar-refractivity contribution in [2.24, 2.45) is 0 Å². The monoisotopic (exact) mass is 593 g/mol. The van der Waals surface area contributed by atoms with Crippen LogP contribution in [0.25, 0.3) is 11.0 Å². The van der Waals surface area contributed by atoms with Gasteiger partial charge in [0.05, 0.1) is 45.7 Å². The van der Waals surface area contributed by atoms with Gasteiger partial charge in [-0.15, -0.1) is 0 Å². The first-order valence-corrected chi connectivity index (χ1v) is 14.0. The minimum atomic E-state index is -3.05. The number of aromatic amines is 1. The van der Waals surface area contributed by atoms with E-state index in [4.69, 9.17) is 4.74 Å². The molecule has 2 aromatic carbocycles. The number of hydrogen-bond acceptors (Lipinski definition) is 7. The molecule has 4 heterocycles. The Morgan fingerprint density at radius 3 is 2.76 bits per heavy atom. The number of nitrogens with one attached hydrogen (secondary N) is 3. The standard InChI is InChI=1S/C29H25F2N5O5S/c30-29(31)40-18-12-21(28(39)33-13-17-6-7-19-20(35-17)9-10-32-19)36(15-18)26(37)14-34-27(38)16-5-8-25-23(11-16)41-22-3-1-2-4-24(22)42-25/h1-11,18,21,29,32H,12-15H2,(H,33,39)(H,34,38)/t18-,21+/m1/s1. The van der Waals surface area contributed by atoms with E-state index in [2.05, 4.69) is 25.3 Å². The highest BCUT2D eigenvalue weighted by Gasteiger charge is 2.41. The normalized spacial score (nSPS) is 17.5. The van der Waals surface area contributed by atoms with Crippen molar-refractivity contribution >= 4 is 40.5 Å². The number of aromatic nitrogens is 2. The van der Waals surface area contributed by atoms with Crippen LogP contribution in [-0.2, 0) is 20.9 Å². The number of carbonyl (C=O) groups excluding carboxylic acids is 3. The first kappa shape index (κ1) is 27.7. The average molecular weight is 594 g/mol. The number of alkyl halides is 2. The van der Waals surface area contributed by atoms with E-state index < -0.39 is 43.0 Å². The zero-order valence-corrected chi connectivity index (χ0v) is 22.8. The largest absolute Gasteiger partial charge is 0.455 e. The maximum Gasteiger partial charge on any atom is 0.345 e. The number of nitrogens with zero attached hydrogens (tertiary/aromatic N) is 2. The number of H-pyrrole nitrogens is 1. The molecular formula is C29H25F2N5O5S. The van der Waals surface area contributed by atoms with E-state index in [1.54, 1.807) is 36.5 Å². The number of halogens is 2. The molecule has 0 aliphatic carbocycles. The minimum Gasteiger partial charge on any atom is -0.455 e. The second kappa shape index (κ2) is 11.8. The molecule has 4 aromatic rings. The number of pyridine rings is 1. The lowest BCUT2D eigenvalue weighted by Crippen LogP contribution is -2.49. The summed E-state index contributed by atoms with van der Waals surface area (Å²) in [6.45, 7) is -3.63. The van der Waals surface area contributed by atoms with Crippen molar-refractivity contribution in [2.75, 3.05) is 13.1 Å². The second-order valence-corrected chi connectivity index (χ2v) is 10.8. The molecule has 6 rings (SSSR count). The van der Waals surface area contributed by atoms with Crippen molar-refractivity contribution in [3.63, 3.8) is 0 Å². The number of hydrogen-bond donors (Lipinski definition) is 3. The number of carbonyl (C=O) groups is 3. The summed E-state index contributed by atoms with van der Waals surface area (Å²) in [7, 11) is 0. The molecule has 1 fully saturated rings. The van der Waals surface area contributed by atoms with Gasteiger partial charge in [0.15, 0.2) is 0 Å². The van der Waals surface area contributed by atoms with E-state index in [-0.39, 0.29) is 25.1 Å². The van der Waals surface area contributed by atoms with Gasteiger partial charge in [-0.3, -0.25) is 14.4 Å². The van der Waals surface area contributed by atoms with Crippen LogP contribution < -0.4 is 15.4 Å². The summed E-state index contributed by atoms with van der Waals surface area (Å²) in [5, 5.41) is 5.29. The summed E-state index contributed by atoms with van der Waals surface area (Å²) in [6, 6.07) is 16.9. The Morgan fingerprint density at radius 1 is 1.07 bits per heavy atom. The van der Waals surface area contributed by atoms with Crippen molar-refractivity contribution in [3.8, 4) is 11.5 Å². The van der Waals surface area contributed by atoms with Crippen molar-refractivity contribution in [3.05, 3.63) is 78.1 Å². The number of amides is 3. The number of benzene rings is 2. The molecule has 13 heteroatoms. The fraction of sp³-hybridized carbons (Fsp3) is 0.241. The molecule has 0 unspecified atom stereocenters. The highest BCUT2D eigenvalue weighted by molar-refractivity contribution is 7.99. The second-order valence-electron chi connectivity index (χ2n) is 9.74. The molecule has 1 saturated heterocycles. The molecule has 10 nitrogen and oxygen atoms in total. The zero-order chi connectivity index (χ0) is 29.2. The fourth-order valence-corrected chi connectivity index (χ4v) is 5.90. The maximum atomic E-state index is 13.1. The summed E-state index contributed by atoms with van der Waals surface area (Å²) in [5.74, 6) is -0.455. The van der Waals surface area contributed by atoms with Gasteiger partial charge in [0.25, 0.3) is 5.91 Å². The summed E-state index contributed by atoms with van der Waals surface area (Å²) >= 11 is 1.52. The third kappa shape index (κ3) is 5.92. The van der Waals surface area contributed by atoms with E-state index >= 15 is 0 Å². The Hall–Kier alpha value is -4.49. The molecule has 3 N–H and O–H groups in total. The highest BCUT2D eigenvalue weighted by Crippen LogP contribution is 2.46. The molecule has 2 atom stereocenters.